The van der Waals surface area contributed by atoms with Gasteiger partial charge >= 0.3 is 0 Å². The number of anilines is 1. The monoisotopic (exact) mass is 658 g/mol. The van der Waals surface area contributed by atoms with Crippen molar-refractivity contribution in [2.45, 2.75) is 89.3 Å². The first-order chi connectivity index (χ1) is 21.5. The minimum Gasteiger partial charge on any atom is -0.487 e. The van der Waals surface area contributed by atoms with Gasteiger partial charge in [0.05, 0.1) is 17.9 Å². The molecule has 2 aromatic rings. The number of aryl methyl sites for hydroxylation is 1. The van der Waals surface area contributed by atoms with Gasteiger partial charge in [-0.3, -0.25) is 4.79 Å². The molecule has 1 aliphatic heterocycles. The van der Waals surface area contributed by atoms with Crippen LogP contribution in [0.25, 0.3) is 0 Å². The van der Waals surface area contributed by atoms with Crippen LogP contribution in [0, 0.1) is 11.8 Å². The maximum Gasteiger partial charge on any atom is 0.264 e. The van der Waals surface area contributed by atoms with Crippen molar-refractivity contribution in [3.05, 3.63) is 82.9 Å². The number of ether oxygens (including phenoxy) is 1. The highest BCUT2D eigenvalue weighted by atomic mass is 35.5. The normalized spacial score (nSPS) is 20.9. The Hall–Kier alpha value is -2.85. The van der Waals surface area contributed by atoms with Crippen molar-refractivity contribution in [2.24, 2.45) is 11.8 Å². The van der Waals surface area contributed by atoms with Crippen molar-refractivity contribution in [1.29, 1.82) is 0 Å². The fraction of sp³-hybridized carbons (Fsp3) is 0.514. The summed E-state index contributed by atoms with van der Waals surface area (Å²) in [4.78, 5) is 15.5. The quantitative estimate of drug-likeness (QED) is 0.233. The highest BCUT2D eigenvalue weighted by Gasteiger charge is 2.37. The van der Waals surface area contributed by atoms with Crippen LogP contribution < -0.4 is 14.4 Å². The predicted molar refractivity (Wildman–Crippen MR) is 180 cm³/mol. The third-order valence-electron chi connectivity index (χ3n) is 9.07. The summed E-state index contributed by atoms with van der Waals surface area (Å²) in [5, 5.41) is 20.6. The number of rotatable bonds is 12. The number of aliphatic hydroxyl groups excluding tert-OH is 2. The molecule has 1 aliphatic carbocycles. The van der Waals surface area contributed by atoms with E-state index in [4.69, 9.17) is 16.3 Å². The molecule has 45 heavy (non-hydrogen) atoms. The number of unbranched alkanes of at least 4 members (excludes halogenated alkanes) is 1. The van der Waals surface area contributed by atoms with Gasteiger partial charge in [0, 0.05) is 23.7 Å². The van der Waals surface area contributed by atoms with Gasteiger partial charge in [0.1, 0.15) is 17.6 Å². The molecule has 1 amide bonds. The van der Waals surface area contributed by atoms with Crippen LogP contribution in [0.15, 0.2) is 61.2 Å². The number of aliphatic hydroxyl groups is 2. The van der Waals surface area contributed by atoms with E-state index in [0.29, 0.717) is 36.2 Å². The molecule has 0 bridgehead atoms. The van der Waals surface area contributed by atoms with Crippen molar-refractivity contribution < 1.29 is 28.2 Å². The van der Waals surface area contributed by atoms with Crippen molar-refractivity contribution in [3.8, 4) is 5.75 Å². The molecule has 246 valence electrons. The molecule has 5 atom stereocenters. The summed E-state index contributed by atoms with van der Waals surface area (Å²) in [6.07, 6.45) is 10.4. The first-order valence-corrected chi connectivity index (χ1v) is 17.9. The molecule has 2 aliphatic rings. The van der Waals surface area contributed by atoms with Crippen molar-refractivity contribution in [1.82, 2.24) is 4.72 Å². The van der Waals surface area contributed by atoms with Crippen LogP contribution in [-0.4, -0.2) is 55.1 Å². The maximum atomic E-state index is 13.3. The van der Waals surface area contributed by atoms with Gasteiger partial charge in [0.15, 0.2) is 0 Å². The van der Waals surface area contributed by atoms with Crippen molar-refractivity contribution >= 4 is 33.2 Å². The Balaban J connectivity index is 1.64. The van der Waals surface area contributed by atoms with Gasteiger partial charge in [0.25, 0.3) is 5.91 Å². The number of halogens is 1. The molecular formula is C35H47ClN2O6S. The Morgan fingerprint density at radius 3 is 2.69 bits per heavy atom. The van der Waals surface area contributed by atoms with Crippen LogP contribution in [0.2, 0.25) is 5.02 Å². The van der Waals surface area contributed by atoms with Gasteiger partial charge in [-0.15, -0.1) is 6.58 Å². The Labute approximate surface area is 273 Å². The summed E-state index contributed by atoms with van der Waals surface area (Å²) in [7, 11) is -4.16. The summed E-state index contributed by atoms with van der Waals surface area (Å²) >= 11 is 6.31. The Morgan fingerprint density at radius 1 is 1.18 bits per heavy atom. The zero-order valence-corrected chi connectivity index (χ0v) is 27.9. The van der Waals surface area contributed by atoms with E-state index in [2.05, 4.69) is 29.2 Å². The number of amides is 1. The van der Waals surface area contributed by atoms with E-state index in [-0.39, 0.29) is 23.8 Å². The number of allylic oxidation sites excluding steroid dienone is 1. The highest BCUT2D eigenvalue weighted by molar-refractivity contribution is 7.90. The molecule has 0 unspecified atom stereocenters. The van der Waals surface area contributed by atoms with E-state index in [1.807, 2.05) is 24.3 Å². The molecule has 0 aromatic heterocycles. The predicted octanol–water partition coefficient (Wildman–Crippen LogP) is 6.19. The van der Waals surface area contributed by atoms with Crippen LogP contribution >= 0.6 is 11.6 Å². The first-order valence-electron chi connectivity index (χ1n) is 16.0. The molecule has 8 nitrogen and oxygen atoms in total. The summed E-state index contributed by atoms with van der Waals surface area (Å²) in [6, 6.07) is 10.8. The van der Waals surface area contributed by atoms with Crippen LogP contribution in [0.3, 0.4) is 0 Å². The molecule has 0 radical (unpaired) electrons. The average molecular weight is 659 g/mol. The first kappa shape index (κ1) is 35.0. The molecule has 0 spiro atoms. The average Bonchev–Trinajstić information content (AvgIpc) is 3.02. The lowest BCUT2D eigenvalue weighted by molar-refractivity contribution is 0.0461. The van der Waals surface area contributed by atoms with E-state index in [1.165, 1.54) is 13.0 Å². The van der Waals surface area contributed by atoms with Gasteiger partial charge in [-0.1, -0.05) is 49.2 Å². The number of benzene rings is 2. The zero-order chi connectivity index (χ0) is 32.6. The number of sulfonamides is 1. The third-order valence-corrected chi connectivity index (χ3v) is 11.1. The van der Waals surface area contributed by atoms with E-state index < -0.39 is 33.4 Å². The maximum absolute atomic E-state index is 13.3. The fourth-order valence-corrected chi connectivity index (χ4v) is 7.31. The highest BCUT2D eigenvalue weighted by Crippen LogP contribution is 2.41. The van der Waals surface area contributed by atoms with E-state index in [0.717, 1.165) is 56.1 Å². The van der Waals surface area contributed by atoms with Gasteiger partial charge in [-0.2, -0.15) is 0 Å². The second kappa shape index (κ2) is 16.1. The number of hydrogen-bond acceptors (Lipinski definition) is 7. The number of carbonyl (C=O) groups is 1. The van der Waals surface area contributed by atoms with E-state index in [1.54, 1.807) is 18.2 Å². The van der Waals surface area contributed by atoms with Gasteiger partial charge < -0.3 is 19.8 Å². The molecule has 2 aromatic carbocycles. The molecule has 10 heteroatoms. The van der Waals surface area contributed by atoms with Crippen LogP contribution in [0.1, 0.15) is 80.3 Å². The van der Waals surface area contributed by atoms with Gasteiger partial charge in [-0.25, -0.2) is 13.1 Å². The fourth-order valence-electron chi connectivity index (χ4n) is 6.03. The lowest BCUT2D eigenvalue weighted by Gasteiger charge is -2.42. The lowest BCUT2D eigenvalue weighted by Crippen LogP contribution is -2.43. The van der Waals surface area contributed by atoms with E-state index >= 15 is 0 Å². The van der Waals surface area contributed by atoms with E-state index in [9.17, 15) is 23.4 Å². The Kier molecular flexibility index (Phi) is 12.5. The molecule has 3 N–H and O–H groups in total. The van der Waals surface area contributed by atoms with Crippen LogP contribution in [0.4, 0.5) is 5.69 Å². The summed E-state index contributed by atoms with van der Waals surface area (Å²) in [6.45, 7) is 8.72. The summed E-state index contributed by atoms with van der Waals surface area (Å²) in [5.41, 5.74) is 3.07. The number of carbonyl (C=O) groups excluding carboxylic acids is 1. The molecule has 1 saturated carbocycles. The summed E-state index contributed by atoms with van der Waals surface area (Å²) in [5.74, 6) is 0.214. The second-order valence-electron chi connectivity index (χ2n) is 12.3. The number of fused-ring (bicyclic) bond motifs is 2. The number of hydrogen-bond donors (Lipinski definition) is 3. The Bertz CT molecular complexity index is 1460. The smallest absolute Gasteiger partial charge is 0.264 e. The third kappa shape index (κ3) is 9.12. The molecule has 1 heterocycles. The minimum atomic E-state index is -4.16. The lowest BCUT2D eigenvalue weighted by atomic mass is 9.70. The summed E-state index contributed by atoms with van der Waals surface area (Å²) < 4.78 is 34.4. The largest absolute Gasteiger partial charge is 0.487 e. The number of nitrogens with zero attached hydrogens (tertiary/aromatic N) is 1. The second-order valence-corrected chi connectivity index (χ2v) is 14.7. The topological polar surface area (TPSA) is 116 Å². The van der Waals surface area contributed by atoms with Crippen LogP contribution in [-0.2, 0) is 23.1 Å². The van der Waals surface area contributed by atoms with Gasteiger partial charge in [0.2, 0.25) is 10.0 Å². The molecular weight excluding hydrogens is 612 g/mol. The van der Waals surface area contributed by atoms with Crippen LogP contribution in [0.5, 0.6) is 5.75 Å². The number of nitrogens with one attached hydrogen (secondary N) is 1. The molecule has 0 saturated heterocycles. The standard InChI is InChI=1S/C35H47ClN2O6S/c1-4-6-7-12-33(40)30-17-14-27(30)22-38-19-9-8-11-25-20-29(36)16-13-28(25)23-44-34-18-15-26(21-31(34)38)35(41)37-45(42,43)24(3)32(39)10-5-2/h5,7,12-13,15-16,18,20-21,24,27,30,32-33,39-40H,2,4,6,8-11,14,17,19,22-23H2,1,3H3,(H,37,41)/b12-7+/t24-,27+,30-,32+,33+/m1/s1. The van der Waals surface area contributed by atoms with Gasteiger partial charge in [-0.05, 0) is 105 Å². The van der Waals surface area contributed by atoms with Crippen molar-refractivity contribution in [2.75, 3.05) is 18.0 Å². The zero-order valence-electron chi connectivity index (χ0n) is 26.3. The molecule has 4 rings (SSSR count). The van der Waals surface area contributed by atoms with Crippen molar-refractivity contribution in [3.63, 3.8) is 0 Å². The Morgan fingerprint density at radius 2 is 1.98 bits per heavy atom. The molecule has 1 fully saturated rings. The SMILES string of the molecule is C=CC[C@H](O)[C@@H](C)S(=O)(=O)NC(=O)c1ccc2c(c1)N(C[C@@H]1CC[C@H]1[C@@H](O)/C=C/CCC)CCCCc1cc(Cl)ccc1CO2. The minimum absolute atomic E-state index is 0.0853.